The van der Waals surface area contributed by atoms with Crippen LogP contribution in [0.15, 0.2) is 24.7 Å². The summed E-state index contributed by atoms with van der Waals surface area (Å²) in [5, 5.41) is 8.96. The number of nitrogens with zero attached hydrogens (tertiary/aromatic N) is 4. The molecule has 1 aliphatic heterocycles. The zero-order valence-corrected chi connectivity index (χ0v) is 9.86. The lowest BCUT2D eigenvalue weighted by Crippen LogP contribution is -2.22. The highest BCUT2D eigenvalue weighted by atomic mass is 16.4. The number of carboxylic acid groups (broad SMARTS) is 1. The first kappa shape index (κ1) is 11.2. The van der Waals surface area contributed by atoms with Crippen LogP contribution in [0.2, 0.25) is 0 Å². The molecule has 94 valence electrons. The molecule has 1 atom stereocenters. The highest BCUT2D eigenvalue weighted by molar-refractivity contribution is 5.70. The Labute approximate surface area is 104 Å². The van der Waals surface area contributed by atoms with Gasteiger partial charge in [0, 0.05) is 31.7 Å². The zero-order chi connectivity index (χ0) is 12.5. The van der Waals surface area contributed by atoms with E-state index < -0.39 is 5.97 Å². The monoisotopic (exact) mass is 246 g/mol. The van der Waals surface area contributed by atoms with E-state index in [1.54, 1.807) is 6.20 Å². The molecule has 0 aliphatic carbocycles. The van der Waals surface area contributed by atoms with Gasteiger partial charge in [0.2, 0.25) is 5.78 Å². The van der Waals surface area contributed by atoms with Crippen molar-refractivity contribution in [2.24, 2.45) is 5.92 Å². The van der Waals surface area contributed by atoms with Crippen LogP contribution in [-0.2, 0) is 11.3 Å². The molecule has 6 heteroatoms. The highest BCUT2D eigenvalue weighted by Crippen LogP contribution is 2.18. The van der Waals surface area contributed by atoms with Gasteiger partial charge in [-0.2, -0.15) is 0 Å². The average Bonchev–Trinajstić information content (AvgIpc) is 2.94. The highest BCUT2D eigenvalue weighted by Gasteiger charge is 2.28. The number of hydrogen-bond donors (Lipinski definition) is 1. The second kappa shape index (κ2) is 4.38. The van der Waals surface area contributed by atoms with Gasteiger partial charge in [0.05, 0.1) is 11.6 Å². The summed E-state index contributed by atoms with van der Waals surface area (Å²) in [6, 6.07) is 1.86. The Kier molecular flexibility index (Phi) is 2.71. The summed E-state index contributed by atoms with van der Waals surface area (Å²) in [5.41, 5.74) is 0.930. The van der Waals surface area contributed by atoms with Crippen molar-refractivity contribution >= 4 is 11.7 Å². The van der Waals surface area contributed by atoms with Crippen molar-refractivity contribution in [2.75, 3.05) is 13.1 Å². The Hall–Kier alpha value is -1.95. The summed E-state index contributed by atoms with van der Waals surface area (Å²) in [7, 11) is 0. The standard InChI is InChI=1S/C12H14N4O2/c17-11(18)9-2-5-15(6-9)7-10-8-16-4-1-3-13-12(16)14-10/h1,3-4,8-9H,2,5-7H2,(H,17,18). The molecule has 0 radical (unpaired) electrons. The van der Waals surface area contributed by atoms with Crippen LogP contribution in [0.4, 0.5) is 0 Å². The third-order valence-electron chi connectivity index (χ3n) is 3.29. The minimum atomic E-state index is -0.700. The lowest BCUT2D eigenvalue weighted by Gasteiger charge is -2.12. The molecule has 1 unspecified atom stereocenters. The predicted molar refractivity (Wildman–Crippen MR) is 64.0 cm³/mol. The number of imidazole rings is 1. The van der Waals surface area contributed by atoms with Crippen molar-refractivity contribution in [1.29, 1.82) is 0 Å². The van der Waals surface area contributed by atoms with E-state index in [1.807, 2.05) is 22.9 Å². The molecular weight excluding hydrogens is 232 g/mol. The van der Waals surface area contributed by atoms with E-state index in [0.717, 1.165) is 18.7 Å². The van der Waals surface area contributed by atoms with Crippen LogP contribution in [-0.4, -0.2) is 43.4 Å². The van der Waals surface area contributed by atoms with Gasteiger partial charge in [0.25, 0.3) is 0 Å². The minimum absolute atomic E-state index is 0.236. The summed E-state index contributed by atoms with van der Waals surface area (Å²) < 4.78 is 1.88. The molecule has 3 heterocycles. The van der Waals surface area contributed by atoms with E-state index >= 15 is 0 Å². The minimum Gasteiger partial charge on any atom is -0.481 e. The second-order valence-electron chi connectivity index (χ2n) is 4.62. The summed E-state index contributed by atoms with van der Waals surface area (Å²) >= 11 is 0. The Morgan fingerprint density at radius 1 is 1.56 bits per heavy atom. The first-order valence-electron chi connectivity index (χ1n) is 5.96. The van der Waals surface area contributed by atoms with Crippen LogP contribution in [0.25, 0.3) is 5.78 Å². The Bertz CT molecular complexity index is 547. The van der Waals surface area contributed by atoms with Gasteiger partial charge < -0.3 is 5.11 Å². The van der Waals surface area contributed by atoms with Crippen LogP contribution < -0.4 is 0 Å². The van der Waals surface area contributed by atoms with Crippen molar-refractivity contribution in [3.05, 3.63) is 30.4 Å². The van der Waals surface area contributed by atoms with Gasteiger partial charge >= 0.3 is 5.97 Å². The topological polar surface area (TPSA) is 70.7 Å². The van der Waals surface area contributed by atoms with Crippen molar-refractivity contribution < 1.29 is 9.90 Å². The van der Waals surface area contributed by atoms with Crippen LogP contribution in [0.1, 0.15) is 12.1 Å². The van der Waals surface area contributed by atoms with Crippen molar-refractivity contribution in [3.8, 4) is 0 Å². The zero-order valence-electron chi connectivity index (χ0n) is 9.86. The van der Waals surface area contributed by atoms with Gasteiger partial charge in [0.15, 0.2) is 0 Å². The van der Waals surface area contributed by atoms with Gasteiger partial charge in [-0.05, 0) is 19.0 Å². The number of aliphatic carboxylic acids is 1. The van der Waals surface area contributed by atoms with E-state index in [4.69, 9.17) is 5.11 Å². The molecule has 0 saturated carbocycles. The molecule has 0 aromatic carbocycles. The molecule has 3 rings (SSSR count). The normalized spacial score (nSPS) is 20.6. The molecule has 0 spiro atoms. The molecule has 1 N–H and O–H groups in total. The maximum absolute atomic E-state index is 10.9. The third kappa shape index (κ3) is 2.06. The Morgan fingerprint density at radius 3 is 3.17 bits per heavy atom. The molecular formula is C12H14N4O2. The Balaban J connectivity index is 1.71. The molecule has 1 fully saturated rings. The van der Waals surface area contributed by atoms with E-state index in [-0.39, 0.29) is 5.92 Å². The Morgan fingerprint density at radius 2 is 2.44 bits per heavy atom. The maximum Gasteiger partial charge on any atom is 0.307 e. The fourth-order valence-electron chi connectivity index (χ4n) is 2.36. The van der Waals surface area contributed by atoms with E-state index in [2.05, 4.69) is 14.9 Å². The number of fused-ring (bicyclic) bond motifs is 1. The van der Waals surface area contributed by atoms with Gasteiger partial charge in [-0.1, -0.05) is 0 Å². The predicted octanol–water partition coefficient (Wildman–Crippen LogP) is 0.636. The molecule has 0 amide bonds. The molecule has 2 aromatic rings. The molecule has 18 heavy (non-hydrogen) atoms. The summed E-state index contributed by atoms with van der Waals surface area (Å²) in [6.45, 7) is 2.11. The SMILES string of the molecule is O=C(O)C1CCN(Cc2cn3cccnc3n2)C1. The summed E-state index contributed by atoms with van der Waals surface area (Å²) in [5.74, 6) is -0.254. The van der Waals surface area contributed by atoms with Crippen LogP contribution in [0.3, 0.4) is 0 Å². The molecule has 2 aromatic heterocycles. The maximum atomic E-state index is 10.9. The summed E-state index contributed by atoms with van der Waals surface area (Å²) in [6.07, 6.45) is 6.28. The average molecular weight is 246 g/mol. The number of carboxylic acids is 1. The van der Waals surface area contributed by atoms with Crippen LogP contribution in [0.5, 0.6) is 0 Å². The lowest BCUT2D eigenvalue weighted by atomic mass is 10.1. The first-order chi connectivity index (χ1) is 8.72. The van der Waals surface area contributed by atoms with Gasteiger partial charge in [-0.3, -0.25) is 14.1 Å². The second-order valence-corrected chi connectivity index (χ2v) is 4.62. The van der Waals surface area contributed by atoms with E-state index in [9.17, 15) is 4.79 Å². The molecule has 0 bridgehead atoms. The third-order valence-corrected chi connectivity index (χ3v) is 3.29. The summed E-state index contributed by atoms with van der Waals surface area (Å²) in [4.78, 5) is 21.6. The lowest BCUT2D eigenvalue weighted by molar-refractivity contribution is -0.141. The van der Waals surface area contributed by atoms with Crippen LogP contribution >= 0.6 is 0 Å². The van der Waals surface area contributed by atoms with Gasteiger partial charge in [-0.25, -0.2) is 9.97 Å². The van der Waals surface area contributed by atoms with E-state index in [0.29, 0.717) is 18.9 Å². The quantitative estimate of drug-likeness (QED) is 0.860. The number of carbonyl (C=O) groups is 1. The number of likely N-dealkylation sites (tertiary alicyclic amines) is 1. The number of rotatable bonds is 3. The van der Waals surface area contributed by atoms with Crippen molar-refractivity contribution in [2.45, 2.75) is 13.0 Å². The molecule has 1 saturated heterocycles. The van der Waals surface area contributed by atoms with Crippen molar-refractivity contribution in [1.82, 2.24) is 19.3 Å². The van der Waals surface area contributed by atoms with Gasteiger partial charge in [-0.15, -0.1) is 0 Å². The van der Waals surface area contributed by atoms with Crippen molar-refractivity contribution in [3.63, 3.8) is 0 Å². The number of hydrogen-bond acceptors (Lipinski definition) is 4. The largest absolute Gasteiger partial charge is 0.481 e. The first-order valence-corrected chi connectivity index (χ1v) is 5.96. The van der Waals surface area contributed by atoms with Crippen LogP contribution in [0, 0.1) is 5.92 Å². The number of aromatic nitrogens is 3. The van der Waals surface area contributed by atoms with E-state index in [1.165, 1.54) is 0 Å². The fraction of sp³-hybridized carbons (Fsp3) is 0.417. The fourth-order valence-corrected chi connectivity index (χ4v) is 2.36. The molecule has 1 aliphatic rings. The van der Waals surface area contributed by atoms with Gasteiger partial charge in [0.1, 0.15) is 0 Å². The smallest absolute Gasteiger partial charge is 0.307 e. The molecule has 6 nitrogen and oxygen atoms in total.